The van der Waals surface area contributed by atoms with E-state index in [0.717, 1.165) is 12.8 Å². The third-order valence-electron chi connectivity index (χ3n) is 1.89. The smallest absolute Gasteiger partial charge is 0.228 e. The fraction of sp³-hybridized carbons (Fsp3) is 0.375. The molecule has 1 N–H and O–H groups in total. The van der Waals surface area contributed by atoms with Crippen LogP contribution in [0.1, 0.15) is 12.8 Å². The van der Waals surface area contributed by atoms with Gasteiger partial charge in [-0.25, -0.2) is 9.97 Å². The van der Waals surface area contributed by atoms with Crippen LogP contribution in [0.4, 0.5) is 5.82 Å². The number of aromatic nitrogens is 2. The molecular weight excluding hydrogens is 225 g/mol. The van der Waals surface area contributed by atoms with E-state index < -0.39 is 0 Å². The van der Waals surface area contributed by atoms with Crippen molar-refractivity contribution in [2.75, 3.05) is 5.32 Å². The molecule has 0 radical (unpaired) electrons. The number of nitrogens with one attached hydrogen (secondary N) is 1. The van der Waals surface area contributed by atoms with Gasteiger partial charge in [-0.1, -0.05) is 23.2 Å². The van der Waals surface area contributed by atoms with E-state index >= 15 is 0 Å². The van der Waals surface area contributed by atoms with Gasteiger partial charge in [0.05, 0.1) is 6.20 Å². The first-order valence-corrected chi connectivity index (χ1v) is 4.91. The van der Waals surface area contributed by atoms with Gasteiger partial charge in [0.2, 0.25) is 5.91 Å². The van der Waals surface area contributed by atoms with E-state index in [1.807, 2.05) is 0 Å². The maximum Gasteiger partial charge on any atom is 0.228 e. The van der Waals surface area contributed by atoms with Crippen molar-refractivity contribution in [3.8, 4) is 0 Å². The minimum Gasteiger partial charge on any atom is -0.309 e. The molecule has 0 aromatic carbocycles. The zero-order chi connectivity index (χ0) is 10.1. The number of amides is 1. The first kappa shape index (κ1) is 9.68. The lowest BCUT2D eigenvalue weighted by Gasteiger charge is -2.02. The summed E-state index contributed by atoms with van der Waals surface area (Å²) in [6, 6.07) is 0. The molecule has 1 amide bonds. The Morgan fingerprint density at radius 1 is 1.43 bits per heavy atom. The largest absolute Gasteiger partial charge is 0.309 e. The molecule has 0 saturated heterocycles. The minimum absolute atomic E-state index is 0.0299. The lowest BCUT2D eigenvalue weighted by atomic mass is 10.4. The number of halogens is 2. The summed E-state index contributed by atoms with van der Waals surface area (Å²) in [6.45, 7) is 0. The topological polar surface area (TPSA) is 54.9 Å². The van der Waals surface area contributed by atoms with Crippen LogP contribution < -0.4 is 5.32 Å². The Kier molecular flexibility index (Phi) is 2.56. The van der Waals surface area contributed by atoms with Gasteiger partial charge in [0.1, 0.15) is 0 Å². The molecule has 0 unspecified atom stereocenters. The Morgan fingerprint density at radius 2 is 2.14 bits per heavy atom. The number of hydrogen-bond donors (Lipinski definition) is 1. The van der Waals surface area contributed by atoms with Crippen LogP contribution in [0.3, 0.4) is 0 Å². The van der Waals surface area contributed by atoms with E-state index in [-0.39, 0.29) is 22.1 Å². The highest BCUT2D eigenvalue weighted by Crippen LogP contribution is 2.30. The van der Waals surface area contributed by atoms with Gasteiger partial charge in [-0.05, 0) is 12.8 Å². The third kappa shape index (κ3) is 2.13. The monoisotopic (exact) mass is 231 g/mol. The van der Waals surface area contributed by atoms with Crippen LogP contribution in [-0.2, 0) is 4.79 Å². The Labute approximate surface area is 90.6 Å². The molecule has 1 saturated carbocycles. The number of rotatable bonds is 2. The highest BCUT2D eigenvalue weighted by molar-refractivity contribution is 6.40. The summed E-state index contributed by atoms with van der Waals surface area (Å²) in [7, 11) is 0. The number of nitrogens with zero attached hydrogens (tertiary/aromatic N) is 2. The van der Waals surface area contributed by atoms with Crippen molar-refractivity contribution in [2.45, 2.75) is 12.8 Å². The Balaban J connectivity index is 2.08. The van der Waals surface area contributed by atoms with Gasteiger partial charge in [0.25, 0.3) is 0 Å². The molecular formula is C8H7Cl2N3O. The molecule has 1 aliphatic rings. The van der Waals surface area contributed by atoms with E-state index in [1.54, 1.807) is 0 Å². The van der Waals surface area contributed by atoms with E-state index in [0.29, 0.717) is 5.82 Å². The molecule has 0 aliphatic heterocycles. The quantitative estimate of drug-likeness (QED) is 0.849. The lowest BCUT2D eigenvalue weighted by Crippen LogP contribution is -2.14. The molecule has 6 heteroatoms. The van der Waals surface area contributed by atoms with Crippen molar-refractivity contribution in [2.24, 2.45) is 5.92 Å². The summed E-state index contributed by atoms with van der Waals surface area (Å²) >= 11 is 11.2. The summed E-state index contributed by atoms with van der Waals surface area (Å²) in [6.07, 6.45) is 3.27. The molecule has 1 heterocycles. The second kappa shape index (κ2) is 3.71. The summed E-state index contributed by atoms with van der Waals surface area (Å²) in [5, 5.41) is 2.85. The average molecular weight is 232 g/mol. The van der Waals surface area contributed by atoms with E-state index in [2.05, 4.69) is 15.3 Å². The van der Waals surface area contributed by atoms with E-state index in [9.17, 15) is 4.79 Å². The summed E-state index contributed by atoms with van der Waals surface area (Å²) in [5.41, 5.74) is 0. The summed E-state index contributed by atoms with van der Waals surface area (Å²) in [5.74, 6) is 0.445. The van der Waals surface area contributed by atoms with Crippen molar-refractivity contribution in [3.63, 3.8) is 0 Å². The highest BCUT2D eigenvalue weighted by Gasteiger charge is 2.29. The fourth-order valence-electron chi connectivity index (χ4n) is 0.986. The van der Waals surface area contributed by atoms with Crippen molar-refractivity contribution < 1.29 is 4.79 Å². The summed E-state index contributed by atoms with van der Waals surface area (Å²) < 4.78 is 0. The average Bonchev–Trinajstić information content (AvgIpc) is 2.94. The number of hydrogen-bond acceptors (Lipinski definition) is 3. The molecule has 1 aromatic rings. The zero-order valence-corrected chi connectivity index (χ0v) is 8.64. The molecule has 1 fully saturated rings. The molecule has 4 nitrogen and oxygen atoms in total. The number of anilines is 1. The van der Waals surface area contributed by atoms with Crippen molar-refractivity contribution >= 4 is 34.9 Å². The molecule has 1 aromatic heterocycles. The van der Waals surface area contributed by atoms with E-state index in [4.69, 9.17) is 23.2 Å². The Morgan fingerprint density at radius 3 is 2.71 bits per heavy atom. The van der Waals surface area contributed by atoms with Gasteiger partial charge in [-0.2, -0.15) is 0 Å². The van der Waals surface area contributed by atoms with Gasteiger partial charge in [0.15, 0.2) is 16.1 Å². The molecule has 1 aliphatic carbocycles. The zero-order valence-electron chi connectivity index (χ0n) is 7.13. The standard InChI is InChI=1S/C8H7Cl2N3O/c9-6-7(10)12-5(3-11-6)13-8(14)4-1-2-4/h3-4H,1-2H2,(H,12,13,14). The highest BCUT2D eigenvalue weighted by atomic mass is 35.5. The normalized spacial score (nSPS) is 15.3. The second-order valence-corrected chi connectivity index (χ2v) is 3.82. The van der Waals surface area contributed by atoms with Crippen molar-refractivity contribution in [3.05, 3.63) is 16.5 Å². The SMILES string of the molecule is O=C(Nc1cnc(Cl)c(Cl)n1)C1CC1. The number of carbonyl (C=O) groups is 1. The predicted molar refractivity (Wildman–Crippen MR) is 53.4 cm³/mol. The molecule has 0 bridgehead atoms. The van der Waals surface area contributed by atoms with Crippen LogP contribution in [0.5, 0.6) is 0 Å². The second-order valence-electron chi connectivity index (χ2n) is 3.10. The van der Waals surface area contributed by atoms with E-state index in [1.165, 1.54) is 6.20 Å². The van der Waals surface area contributed by atoms with Crippen LogP contribution in [0.2, 0.25) is 10.3 Å². The van der Waals surface area contributed by atoms with Crippen LogP contribution >= 0.6 is 23.2 Å². The van der Waals surface area contributed by atoms with Crippen LogP contribution in [0.15, 0.2) is 6.20 Å². The van der Waals surface area contributed by atoms with Crippen LogP contribution in [-0.4, -0.2) is 15.9 Å². The van der Waals surface area contributed by atoms with Crippen molar-refractivity contribution in [1.29, 1.82) is 0 Å². The van der Waals surface area contributed by atoms with Gasteiger partial charge < -0.3 is 5.32 Å². The predicted octanol–water partition coefficient (Wildman–Crippen LogP) is 2.13. The third-order valence-corrected chi connectivity index (χ3v) is 2.53. The van der Waals surface area contributed by atoms with Gasteiger partial charge in [-0.15, -0.1) is 0 Å². The maximum absolute atomic E-state index is 11.3. The van der Waals surface area contributed by atoms with Gasteiger partial charge >= 0.3 is 0 Å². The van der Waals surface area contributed by atoms with Crippen LogP contribution in [0.25, 0.3) is 0 Å². The lowest BCUT2D eigenvalue weighted by molar-refractivity contribution is -0.117. The molecule has 14 heavy (non-hydrogen) atoms. The van der Waals surface area contributed by atoms with Crippen molar-refractivity contribution in [1.82, 2.24) is 9.97 Å². The minimum atomic E-state index is -0.0299. The Bertz CT molecular complexity index is 379. The number of carbonyl (C=O) groups excluding carboxylic acids is 1. The molecule has 0 atom stereocenters. The summed E-state index contributed by atoms with van der Waals surface area (Å²) in [4.78, 5) is 18.9. The first-order chi connectivity index (χ1) is 6.66. The molecule has 0 spiro atoms. The fourth-order valence-corrected chi connectivity index (χ4v) is 1.22. The maximum atomic E-state index is 11.3. The van der Waals surface area contributed by atoms with Gasteiger partial charge in [-0.3, -0.25) is 4.79 Å². The molecule has 2 rings (SSSR count). The van der Waals surface area contributed by atoms with Crippen LogP contribution in [0, 0.1) is 5.92 Å². The molecule has 74 valence electrons. The Hall–Kier alpha value is -0.870. The van der Waals surface area contributed by atoms with Gasteiger partial charge in [0, 0.05) is 5.92 Å². The first-order valence-electron chi connectivity index (χ1n) is 4.15.